The molecule has 0 saturated heterocycles. The molecule has 0 aliphatic rings. The van der Waals surface area contributed by atoms with Gasteiger partial charge in [0, 0.05) is 6.42 Å². The van der Waals surface area contributed by atoms with Crippen LogP contribution in [-0.2, 0) is 14.3 Å². The number of aliphatic carboxylic acids is 1. The SMILES string of the molecule is CCCCC/C=C\C/C=C\CCCCCCCCCCCCCC(=O)OC(CCCCCCCCCCC)CC(=O)O. The largest absolute Gasteiger partial charge is 0.481 e. The minimum atomic E-state index is -0.882. The van der Waals surface area contributed by atoms with Crippen molar-refractivity contribution in [1.29, 1.82) is 0 Å². The summed E-state index contributed by atoms with van der Waals surface area (Å²) in [5, 5.41) is 9.20. The fraction of sp³-hybridized carbons (Fsp3) is 0.842. The average molecular weight is 591 g/mol. The molecule has 1 unspecified atom stereocenters. The van der Waals surface area contributed by atoms with Gasteiger partial charge in [-0.25, -0.2) is 0 Å². The summed E-state index contributed by atoms with van der Waals surface area (Å²) in [5.41, 5.74) is 0. The lowest BCUT2D eigenvalue weighted by Gasteiger charge is -2.16. The van der Waals surface area contributed by atoms with Gasteiger partial charge in [0.15, 0.2) is 0 Å². The normalized spacial score (nSPS) is 12.4. The van der Waals surface area contributed by atoms with Crippen LogP contribution >= 0.6 is 0 Å². The third-order valence-electron chi connectivity index (χ3n) is 8.16. The molecule has 1 atom stereocenters. The first kappa shape index (κ1) is 40.4. The van der Waals surface area contributed by atoms with E-state index in [1.807, 2.05) is 0 Å². The van der Waals surface area contributed by atoms with Crippen molar-refractivity contribution in [2.75, 3.05) is 0 Å². The van der Waals surface area contributed by atoms with Gasteiger partial charge in [-0.05, 0) is 51.4 Å². The summed E-state index contributed by atoms with van der Waals surface area (Å²) < 4.78 is 5.55. The molecule has 0 aromatic carbocycles. The number of hydrogen-bond donors (Lipinski definition) is 1. The average Bonchev–Trinajstić information content (AvgIpc) is 2.96. The van der Waals surface area contributed by atoms with Crippen molar-refractivity contribution < 1.29 is 19.4 Å². The van der Waals surface area contributed by atoms with Crippen molar-refractivity contribution in [3.05, 3.63) is 24.3 Å². The van der Waals surface area contributed by atoms with E-state index >= 15 is 0 Å². The number of allylic oxidation sites excluding steroid dienone is 4. The Morgan fingerprint density at radius 1 is 0.548 bits per heavy atom. The van der Waals surface area contributed by atoms with Gasteiger partial charge in [-0.15, -0.1) is 0 Å². The van der Waals surface area contributed by atoms with Crippen LogP contribution in [-0.4, -0.2) is 23.1 Å². The van der Waals surface area contributed by atoms with Crippen LogP contribution in [0.4, 0.5) is 0 Å². The number of hydrogen-bond acceptors (Lipinski definition) is 3. The second-order valence-electron chi connectivity index (χ2n) is 12.4. The van der Waals surface area contributed by atoms with Gasteiger partial charge in [0.05, 0.1) is 6.42 Å². The van der Waals surface area contributed by atoms with E-state index in [0.717, 1.165) is 32.1 Å². The van der Waals surface area contributed by atoms with Gasteiger partial charge in [0.25, 0.3) is 0 Å². The topological polar surface area (TPSA) is 63.6 Å². The van der Waals surface area contributed by atoms with E-state index in [4.69, 9.17) is 4.74 Å². The Kier molecular flexibility index (Phi) is 32.6. The Morgan fingerprint density at radius 2 is 0.952 bits per heavy atom. The van der Waals surface area contributed by atoms with Crippen LogP contribution in [0.25, 0.3) is 0 Å². The molecule has 0 bridgehead atoms. The summed E-state index contributed by atoms with van der Waals surface area (Å²) in [7, 11) is 0. The summed E-state index contributed by atoms with van der Waals surface area (Å²) in [6.07, 6.45) is 42.0. The molecule has 4 heteroatoms. The molecular formula is C38H70O4. The summed E-state index contributed by atoms with van der Waals surface area (Å²) in [5.74, 6) is -1.10. The Balaban J connectivity index is 3.58. The molecule has 0 fully saturated rings. The first-order chi connectivity index (χ1) is 20.6. The van der Waals surface area contributed by atoms with E-state index < -0.39 is 12.1 Å². The molecular weight excluding hydrogens is 520 g/mol. The third-order valence-corrected chi connectivity index (χ3v) is 8.16. The zero-order chi connectivity index (χ0) is 30.8. The minimum Gasteiger partial charge on any atom is -0.481 e. The quantitative estimate of drug-likeness (QED) is 0.0469. The molecule has 0 amide bonds. The standard InChI is InChI=1S/C38H70O4/c1-3-5-7-9-11-13-14-15-16-17-18-19-20-21-22-23-24-26-28-30-32-34-38(41)42-36(35-37(39)40)33-31-29-27-25-12-10-8-6-4-2/h11,13,15-16,36H,3-10,12,14,17-35H2,1-2H3,(H,39,40)/b13-11-,16-15-. The maximum Gasteiger partial charge on any atom is 0.307 e. The van der Waals surface area contributed by atoms with Gasteiger partial charge < -0.3 is 9.84 Å². The van der Waals surface area contributed by atoms with E-state index in [1.165, 1.54) is 135 Å². The Morgan fingerprint density at radius 3 is 1.45 bits per heavy atom. The van der Waals surface area contributed by atoms with Crippen molar-refractivity contribution in [1.82, 2.24) is 0 Å². The molecule has 0 aliphatic carbocycles. The zero-order valence-corrected chi connectivity index (χ0v) is 28.1. The minimum absolute atomic E-state index is 0.0725. The number of esters is 1. The lowest BCUT2D eigenvalue weighted by Crippen LogP contribution is -2.21. The predicted octanol–water partition coefficient (Wildman–Crippen LogP) is 12.4. The number of rotatable bonds is 33. The van der Waals surface area contributed by atoms with Gasteiger partial charge in [-0.3, -0.25) is 9.59 Å². The van der Waals surface area contributed by atoms with Gasteiger partial charge >= 0.3 is 11.9 Å². The Bertz CT molecular complexity index is 639. The number of carbonyl (C=O) groups is 2. The molecule has 0 aliphatic heterocycles. The lowest BCUT2D eigenvalue weighted by atomic mass is 10.0. The summed E-state index contributed by atoms with van der Waals surface area (Å²) in [6, 6.07) is 0. The number of carboxylic acid groups (broad SMARTS) is 1. The molecule has 0 radical (unpaired) electrons. The Labute approximate surface area is 261 Å². The maximum absolute atomic E-state index is 12.3. The van der Waals surface area contributed by atoms with Crippen LogP contribution < -0.4 is 0 Å². The van der Waals surface area contributed by atoms with Crippen molar-refractivity contribution in [3.63, 3.8) is 0 Å². The highest BCUT2D eigenvalue weighted by atomic mass is 16.5. The van der Waals surface area contributed by atoms with Gasteiger partial charge in [-0.1, -0.05) is 160 Å². The second kappa shape index (κ2) is 33.9. The molecule has 0 aromatic heterocycles. The van der Waals surface area contributed by atoms with Crippen LogP contribution in [0.3, 0.4) is 0 Å². The molecule has 0 heterocycles. The molecule has 0 rings (SSSR count). The van der Waals surface area contributed by atoms with Crippen LogP contribution in [0.5, 0.6) is 0 Å². The van der Waals surface area contributed by atoms with Gasteiger partial charge in [-0.2, -0.15) is 0 Å². The van der Waals surface area contributed by atoms with E-state index in [9.17, 15) is 14.7 Å². The number of carboxylic acids is 1. The highest BCUT2D eigenvalue weighted by molar-refractivity contribution is 5.71. The van der Waals surface area contributed by atoms with Crippen molar-refractivity contribution in [3.8, 4) is 0 Å². The lowest BCUT2D eigenvalue weighted by molar-refractivity contribution is -0.153. The van der Waals surface area contributed by atoms with E-state index in [2.05, 4.69) is 38.2 Å². The number of ether oxygens (including phenoxy) is 1. The second-order valence-corrected chi connectivity index (χ2v) is 12.4. The maximum atomic E-state index is 12.3. The third kappa shape index (κ3) is 32.9. The van der Waals surface area contributed by atoms with E-state index in [1.54, 1.807) is 0 Å². The molecule has 0 saturated carbocycles. The molecule has 246 valence electrons. The van der Waals surface area contributed by atoms with Crippen molar-refractivity contribution in [2.24, 2.45) is 0 Å². The number of carbonyl (C=O) groups excluding carboxylic acids is 1. The fourth-order valence-electron chi connectivity index (χ4n) is 5.47. The van der Waals surface area contributed by atoms with Crippen molar-refractivity contribution in [2.45, 2.75) is 206 Å². The molecule has 1 N–H and O–H groups in total. The smallest absolute Gasteiger partial charge is 0.307 e. The first-order valence-electron chi connectivity index (χ1n) is 18.3. The van der Waals surface area contributed by atoms with E-state index in [-0.39, 0.29) is 12.4 Å². The number of unbranched alkanes of at least 4 members (excludes halogenated alkanes) is 22. The summed E-state index contributed by atoms with van der Waals surface area (Å²) >= 11 is 0. The zero-order valence-electron chi connectivity index (χ0n) is 28.1. The van der Waals surface area contributed by atoms with Crippen molar-refractivity contribution >= 4 is 11.9 Å². The van der Waals surface area contributed by atoms with Gasteiger partial charge in [0.2, 0.25) is 0 Å². The molecule has 0 spiro atoms. The first-order valence-corrected chi connectivity index (χ1v) is 18.3. The molecule has 42 heavy (non-hydrogen) atoms. The Hall–Kier alpha value is -1.58. The fourth-order valence-corrected chi connectivity index (χ4v) is 5.47. The highest BCUT2D eigenvalue weighted by Crippen LogP contribution is 2.16. The van der Waals surface area contributed by atoms with Gasteiger partial charge in [0.1, 0.15) is 6.10 Å². The van der Waals surface area contributed by atoms with Crippen LogP contribution in [0.1, 0.15) is 200 Å². The highest BCUT2D eigenvalue weighted by Gasteiger charge is 2.17. The van der Waals surface area contributed by atoms with Crippen LogP contribution in [0.15, 0.2) is 24.3 Å². The molecule has 4 nitrogen and oxygen atoms in total. The van der Waals surface area contributed by atoms with Crippen LogP contribution in [0.2, 0.25) is 0 Å². The summed E-state index contributed by atoms with van der Waals surface area (Å²) in [6.45, 7) is 4.49. The van der Waals surface area contributed by atoms with E-state index in [0.29, 0.717) is 12.8 Å². The summed E-state index contributed by atoms with van der Waals surface area (Å²) in [4.78, 5) is 23.5. The molecule has 0 aromatic rings. The van der Waals surface area contributed by atoms with Crippen LogP contribution in [0, 0.1) is 0 Å². The monoisotopic (exact) mass is 591 g/mol. The predicted molar refractivity (Wildman–Crippen MR) is 181 cm³/mol.